The van der Waals surface area contributed by atoms with Gasteiger partial charge in [-0.2, -0.15) is 0 Å². The van der Waals surface area contributed by atoms with Crippen molar-refractivity contribution in [3.05, 3.63) is 16.1 Å². The van der Waals surface area contributed by atoms with Crippen LogP contribution in [0.4, 0.5) is 0 Å². The molecule has 1 aliphatic rings. The highest BCUT2D eigenvalue weighted by Crippen LogP contribution is 2.38. The Kier molecular flexibility index (Phi) is 4.54. The molecule has 0 amide bonds. The number of nitrogens with zero attached hydrogens (tertiary/aromatic N) is 1. The summed E-state index contributed by atoms with van der Waals surface area (Å²) in [5, 5.41) is 7.11. The van der Waals surface area contributed by atoms with Crippen LogP contribution in [0.1, 0.15) is 42.8 Å². The van der Waals surface area contributed by atoms with Gasteiger partial charge in [0.05, 0.1) is 12.1 Å². The molecule has 1 fully saturated rings. The lowest BCUT2D eigenvalue weighted by Crippen LogP contribution is -2.45. The molecular formula is C13H22N2OS. The SMILES string of the molecule is COCCNC1(c2nc(C)cs2)CCCCC1. The summed E-state index contributed by atoms with van der Waals surface area (Å²) in [6, 6.07) is 0. The number of rotatable bonds is 5. The highest BCUT2D eigenvalue weighted by Gasteiger charge is 2.35. The first kappa shape index (κ1) is 13.0. The van der Waals surface area contributed by atoms with E-state index in [0.29, 0.717) is 0 Å². The van der Waals surface area contributed by atoms with Crippen molar-refractivity contribution in [3.8, 4) is 0 Å². The van der Waals surface area contributed by atoms with Crippen LogP contribution in [0.3, 0.4) is 0 Å². The number of ether oxygens (including phenoxy) is 1. The summed E-state index contributed by atoms with van der Waals surface area (Å²) in [6.45, 7) is 3.76. The number of aromatic nitrogens is 1. The molecule has 0 atom stereocenters. The zero-order valence-corrected chi connectivity index (χ0v) is 11.6. The van der Waals surface area contributed by atoms with Crippen LogP contribution in [0.5, 0.6) is 0 Å². The van der Waals surface area contributed by atoms with Crippen molar-refractivity contribution in [2.75, 3.05) is 20.3 Å². The van der Waals surface area contributed by atoms with E-state index in [2.05, 4.69) is 17.6 Å². The van der Waals surface area contributed by atoms with Gasteiger partial charge in [0.25, 0.3) is 0 Å². The minimum atomic E-state index is 0.121. The summed E-state index contributed by atoms with van der Waals surface area (Å²) in [4.78, 5) is 4.70. The molecule has 1 aliphatic carbocycles. The fraction of sp³-hybridized carbons (Fsp3) is 0.769. The van der Waals surface area contributed by atoms with E-state index in [1.165, 1.54) is 37.1 Å². The van der Waals surface area contributed by atoms with Crippen LogP contribution in [0.25, 0.3) is 0 Å². The Morgan fingerprint density at radius 2 is 2.18 bits per heavy atom. The molecule has 3 nitrogen and oxygen atoms in total. The normalized spacial score (nSPS) is 19.4. The van der Waals surface area contributed by atoms with Gasteiger partial charge in [0.15, 0.2) is 0 Å². The van der Waals surface area contributed by atoms with Gasteiger partial charge in [0, 0.05) is 24.7 Å². The molecule has 0 aromatic carbocycles. The van der Waals surface area contributed by atoms with Crippen molar-refractivity contribution < 1.29 is 4.74 Å². The molecule has 0 radical (unpaired) electrons. The largest absolute Gasteiger partial charge is 0.383 e. The molecule has 1 saturated carbocycles. The van der Waals surface area contributed by atoms with Gasteiger partial charge < -0.3 is 10.1 Å². The highest BCUT2D eigenvalue weighted by molar-refractivity contribution is 7.09. The Hall–Kier alpha value is -0.450. The third kappa shape index (κ3) is 3.06. The molecule has 0 spiro atoms. The van der Waals surface area contributed by atoms with E-state index in [1.807, 2.05) is 0 Å². The lowest BCUT2D eigenvalue weighted by atomic mass is 9.82. The average molecular weight is 254 g/mol. The molecule has 4 heteroatoms. The van der Waals surface area contributed by atoms with Crippen LogP contribution in [-0.2, 0) is 10.3 Å². The third-order valence-corrected chi connectivity index (χ3v) is 4.67. The molecule has 17 heavy (non-hydrogen) atoms. The van der Waals surface area contributed by atoms with E-state index < -0.39 is 0 Å². The number of thiazole rings is 1. The van der Waals surface area contributed by atoms with Crippen LogP contribution in [-0.4, -0.2) is 25.2 Å². The van der Waals surface area contributed by atoms with E-state index in [0.717, 1.165) is 18.8 Å². The maximum atomic E-state index is 5.14. The second-order valence-electron chi connectivity index (χ2n) is 4.86. The van der Waals surface area contributed by atoms with Crippen molar-refractivity contribution in [3.63, 3.8) is 0 Å². The van der Waals surface area contributed by atoms with E-state index >= 15 is 0 Å². The van der Waals surface area contributed by atoms with E-state index in [1.54, 1.807) is 18.4 Å². The number of hydrogen-bond donors (Lipinski definition) is 1. The van der Waals surface area contributed by atoms with Gasteiger partial charge in [0.2, 0.25) is 0 Å². The van der Waals surface area contributed by atoms with Gasteiger partial charge in [-0.15, -0.1) is 11.3 Å². The zero-order chi connectivity index (χ0) is 12.1. The highest BCUT2D eigenvalue weighted by atomic mass is 32.1. The second kappa shape index (κ2) is 5.94. The summed E-state index contributed by atoms with van der Waals surface area (Å²) in [7, 11) is 1.75. The summed E-state index contributed by atoms with van der Waals surface area (Å²) in [5.41, 5.74) is 1.26. The Balaban J connectivity index is 2.11. The Bertz CT molecular complexity index is 345. The van der Waals surface area contributed by atoms with Crippen molar-refractivity contribution in [1.29, 1.82) is 0 Å². The number of hydrogen-bond acceptors (Lipinski definition) is 4. The number of aryl methyl sites for hydroxylation is 1. The minimum absolute atomic E-state index is 0.121. The van der Waals surface area contributed by atoms with Crippen molar-refractivity contribution in [2.45, 2.75) is 44.6 Å². The van der Waals surface area contributed by atoms with E-state index in [9.17, 15) is 0 Å². The number of nitrogens with one attached hydrogen (secondary N) is 1. The zero-order valence-electron chi connectivity index (χ0n) is 10.8. The first-order valence-electron chi connectivity index (χ1n) is 6.43. The quantitative estimate of drug-likeness (QED) is 0.820. The number of methoxy groups -OCH3 is 1. The topological polar surface area (TPSA) is 34.1 Å². The van der Waals surface area contributed by atoms with E-state index in [-0.39, 0.29) is 5.54 Å². The molecular weight excluding hydrogens is 232 g/mol. The molecule has 0 unspecified atom stereocenters. The lowest BCUT2D eigenvalue weighted by molar-refractivity contribution is 0.166. The Labute approximate surface area is 108 Å². The van der Waals surface area contributed by atoms with Gasteiger partial charge >= 0.3 is 0 Å². The first-order valence-corrected chi connectivity index (χ1v) is 7.31. The third-order valence-electron chi connectivity index (χ3n) is 3.51. The second-order valence-corrected chi connectivity index (χ2v) is 5.71. The van der Waals surface area contributed by atoms with Crippen LogP contribution < -0.4 is 5.32 Å². The van der Waals surface area contributed by atoms with Gasteiger partial charge in [-0.05, 0) is 19.8 Å². The maximum Gasteiger partial charge on any atom is 0.113 e. The molecule has 1 N–H and O–H groups in total. The molecule has 0 saturated heterocycles. The van der Waals surface area contributed by atoms with Crippen LogP contribution in [0.2, 0.25) is 0 Å². The van der Waals surface area contributed by atoms with Crippen molar-refractivity contribution in [2.24, 2.45) is 0 Å². The van der Waals surface area contributed by atoms with Crippen LogP contribution >= 0.6 is 11.3 Å². The summed E-state index contributed by atoms with van der Waals surface area (Å²) in [5.74, 6) is 0. The maximum absolute atomic E-state index is 5.14. The molecule has 0 aliphatic heterocycles. The smallest absolute Gasteiger partial charge is 0.113 e. The fourth-order valence-corrected chi connectivity index (χ4v) is 3.62. The first-order chi connectivity index (χ1) is 8.27. The summed E-state index contributed by atoms with van der Waals surface area (Å²) in [6.07, 6.45) is 6.39. The van der Waals surface area contributed by atoms with Crippen LogP contribution in [0.15, 0.2) is 5.38 Å². The fourth-order valence-electron chi connectivity index (χ4n) is 2.59. The minimum Gasteiger partial charge on any atom is -0.383 e. The Morgan fingerprint density at radius 1 is 1.41 bits per heavy atom. The molecule has 1 heterocycles. The molecule has 2 rings (SSSR count). The standard InChI is InChI=1S/C13H22N2OS/c1-11-10-17-12(15-11)13(14-8-9-16-2)6-4-3-5-7-13/h10,14H,3-9H2,1-2H3. The van der Waals surface area contributed by atoms with Gasteiger partial charge in [-0.25, -0.2) is 4.98 Å². The summed E-state index contributed by atoms with van der Waals surface area (Å²) < 4.78 is 5.14. The average Bonchev–Trinajstić information content (AvgIpc) is 2.78. The molecule has 1 aromatic rings. The van der Waals surface area contributed by atoms with Crippen LogP contribution in [0, 0.1) is 6.92 Å². The van der Waals surface area contributed by atoms with Gasteiger partial charge in [-0.3, -0.25) is 0 Å². The van der Waals surface area contributed by atoms with Crippen molar-refractivity contribution >= 4 is 11.3 Å². The molecule has 96 valence electrons. The van der Waals surface area contributed by atoms with Gasteiger partial charge in [0.1, 0.15) is 5.01 Å². The monoisotopic (exact) mass is 254 g/mol. The lowest BCUT2D eigenvalue weighted by Gasteiger charge is -2.36. The predicted molar refractivity (Wildman–Crippen MR) is 71.5 cm³/mol. The van der Waals surface area contributed by atoms with Crippen molar-refractivity contribution in [1.82, 2.24) is 10.3 Å². The van der Waals surface area contributed by atoms with E-state index in [4.69, 9.17) is 9.72 Å². The summed E-state index contributed by atoms with van der Waals surface area (Å²) >= 11 is 1.80. The Morgan fingerprint density at radius 3 is 2.76 bits per heavy atom. The van der Waals surface area contributed by atoms with Gasteiger partial charge in [-0.1, -0.05) is 19.3 Å². The predicted octanol–water partition coefficient (Wildman–Crippen LogP) is 2.85. The molecule has 1 aromatic heterocycles. The molecule has 0 bridgehead atoms.